The van der Waals surface area contributed by atoms with Gasteiger partial charge in [-0.05, 0) is 26.0 Å². The van der Waals surface area contributed by atoms with E-state index in [4.69, 9.17) is 9.47 Å². The molecule has 0 bridgehead atoms. The van der Waals surface area contributed by atoms with Crippen molar-refractivity contribution in [1.82, 2.24) is 9.80 Å². The number of morpholine rings is 1. The molecule has 7 heteroatoms. The van der Waals surface area contributed by atoms with Crippen molar-refractivity contribution < 1.29 is 19.1 Å². The normalized spacial score (nSPS) is 14.8. The number of nitrogens with one attached hydrogen (secondary N) is 1. The fourth-order valence-corrected chi connectivity index (χ4v) is 2.89. The first-order chi connectivity index (χ1) is 13.0. The monoisotopic (exact) mass is 377 g/mol. The zero-order chi connectivity index (χ0) is 19.6. The molecule has 1 fully saturated rings. The third-order valence-corrected chi connectivity index (χ3v) is 4.37. The van der Waals surface area contributed by atoms with Crippen LogP contribution in [0.2, 0.25) is 0 Å². The molecule has 1 aliphatic heterocycles. The van der Waals surface area contributed by atoms with Crippen molar-refractivity contribution in [2.24, 2.45) is 0 Å². The van der Waals surface area contributed by atoms with Crippen LogP contribution in [0, 0.1) is 0 Å². The van der Waals surface area contributed by atoms with Crippen molar-refractivity contribution in [3.05, 3.63) is 24.3 Å². The van der Waals surface area contributed by atoms with E-state index in [2.05, 4.69) is 10.2 Å². The summed E-state index contributed by atoms with van der Waals surface area (Å²) in [5.41, 5.74) is 0.652. The van der Waals surface area contributed by atoms with E-state index >= 15 is 0 Å². The summed E-state index contributed by atoms with van der Waals surface area (Å²) >= 11 is 0. The summed E-state index contributed by atoms with van der Waals surface area (Å²) in [6.45, 7) is 10.5. The number of hydrogen-bond acceptors (Lipinski definition) is 5. The van der Waals surface area contributed by atoms with Gasteiger partial charge in [0.25, 0.3) is 0 Å². The second kappa shape index (κ2) is 10.9. The van der Waals surface area contributed by atoms with Crippen LogP contribution in [0.25, 0.3) is 0 Å². The second-order valence-electron chi connectivity index (χ2n) is 6.92. The predicted octanol–water partition coefficient (Wildman–Crippen LogP) is 1.98. The quantitative estimate of drug-likeness (QED) is 0.713. The summed E-state index contributed by atoms with van der Waals surface area (Å²) in [7, 11) is 0. The zero-order valence-electron chi connectivity index (χ0n) is 16.6. The Labute approximate surface area is 161 Å². The van der Waals surface area contributed by atoms with E-state index in [-0.39, 0.29) is 24.3 Å². The van der Waals surface area contributed by atoms with E-state index in [1.165, 1.54) is 0 Å². The molecule has 27 heavy (non-hydrogen) atoms. The van der Waals surface area contributed by atoms with Crippen LogP contribution in [0.15, 0.2) is 24.3 Å². The summed E-state index contributed by atoms with van der Waals surface area (Å²) in [4.78, 5) is 28.3. The van der Waals surface area contributed by atoms with Crippen molar-refractivity contribution in [3.8, 4) is 5.75 Å². The van der Waals surface area contributed by atoms with Gasteiger partial charge in [-0.25, -0.2) is 0 Å². The Morgan fingerprint density at radius 2 is 1.93 bits per heavy atom. The van der Waals surface area contributed by atoms with Gasteiger partial charge in [-0.3, -0.25) is 14.5 Å². The molecule has 0 atom stereocenters. The molecule has 1 aromatic rings. The van der Waals surface area contributed by atoms with Gasteiger partial charge >= 0.3 is 0 Å². The van der Waals surface area contributed by atoms with Crippen LogP contribution in [0.4, 0.5) is 5.69 Å². The molecule has 1 saturated heterocycles. The number of rotatable bonds is 9. The minimum atomic E-state index is -0.132. The molecule has 2 amide bonds. The maximum absolute atomic E-state index is 12.4. The standard InChI is InChI=1S/C20H31N3O4/c1-16(2)27-19-7-5-4-6-18(19)21-20(25)8-9-23(17(3)24)11-10-22-12-14-26-15-13-22/h4-7,16H,8-15H2,1-3H3,(H,21,25). The number of carbonyl (C=O) groups is 2. The molecule has 2 rings (SSSR count). The summed E-state index contributed by atoms with van der Waals surface area (Å²) < 4.78 is 11.1. The average Bonchev–Trinajstić information content (AvgIpc) is 2.63. The largest absolute Gasteiger partial charge is 0.489 e. The van der Waals surface area contributed by atoms with E-state index in [9.17, 15) is 9.59 Å². The lowest BCUT2D eigenvalue weighted by Gasteiger charge is -2.29. The first kappa shape index (κ1) is 21.2. The Morgan fingerprint density at radius 1 is 1.22 bits per heavy atom. The third kappa shape index (κ3) is 7.56. The lowest BCUT2D eigenvalue weighted by Crippen LogP contribution is -2.43. The van der Waals surface area contributed by atoms with Crippen LogP contribution >= 0.6 is 0 Å². The lowest BCUT2D eigenvalue weighted by atomic mass is 10.2. The van der Waals surface area contributed by atoms with Crippen LogP contribution in [-0.2, 0) is 14.3 Å². The highest BCUT2D eigenvalue weighted by Crippen LogP contribution is 2.24. The van der Waals surface area contributed by atoms with Gasteiger partial charge < -0.3 is 19.7 Å². The first-order valence-electron chi connectivity index (χ1n) is 9.57. The molecule has 1 heterocycles. The number of hydrogen-bond donors (Lipinski definition) is 1. The molecule has 0 unspecified atom stereocenters. The number of benzene rings is 1. The maximum atomic E-state index is 12.4. The van der Waals surface area contributed by atoms with E-state index in [0.29, 0.717) is 24.5 Å². The van der Waals surface area contributed by atoms with Gasteiger partial charge in [0.15, 0.2) is 0 Å². The first-order valence-corrected chi connectivity index (χ1v) is 9.57. The minimum absolute atomic E-state index is 0.0143. The molecule has 0 aliphatic carbocycles. The maximum Gasteiger partial charge on any atom is 0.226 e. The van der Waals surface area contributed by atoms with Gasteiger partial charge in [-0.2, -0.15) is 0 Å². The zero-order valence-corrected chi connectivity index (χ0v) is 16.6. The average molecular weight is 377 g/mol. The number of ether oxygens (including phenoxy) is 2. The van der Waals surface area contributed by atoms with E-state index in [1.54, 1.807) is 11.8 Å². The molecule has 1 N–H and O–H groups in total. The number of carbonyl (C=O) groups excluding carboxylic acids is 2. The topological polar surface area (TPSA) is 71.1 Å². The fourth-order valence-electron chi connectivity index (χ4n) is 2.89. The number of nitrogens with zero attached hydrogens (tertiary/aromatic N) is 2. The Hall–Kier alpha value is -2.12. The lowest BCUT2D eigenvalue weighted by molar-refractivity contribution is -0.129. The number of amides is 2. The van der Waals surface area contributed by atoms with Gasteiger partial charge in [0.05, 0.1) is 25.0 Å². The van der Waals surface area contributed by atoms with Crippen molar-refractivity contribution in [3.63, 3.8) is 0 Å². The van der Waals surface area contributed by atoms with Gasteiger partial charge in [0, 0.05) is 46.1 Å². The number of anilines is 1. The van der Waals surface area contributed by atoms with E-state index < -0.39 is 0 Å². The summed E-state index contributed by atoms with van der Waals surface area (Å²) in [6, 6.07) is 7.38. The van der Waals surface area contributed by atoms with Crippen molar-refractivity contribution in [2.45, 2.75) is 33.3 Å². The van der Waals surface area contributed by atoms with Crippen LogP contribution in [-0.4, -0.2) is 73.7 Å². The van der Waals surface area contributed by atoms with E-state index in [0.717, 1.165) is 32.8 Å². The molecule has 0 spiro atoms. The van der Waals surface area contributed by atoms with Gasteiger partial charge in [-0.1, -0.05) is 12.1 Å². The summed E-state index contributed by atoms with van der Waals surface area (Å²) in [5.74, 6) is 0.503. The Morgan fingerprint density at radius 3 is 2.59 bits per heavy atom. The molecule has 1 aliphatic rings. The van der Waals surface area contributed by atoms with Crippen LogP contribution in [0.3, 0.4) is 0 Å². The van der Waals surface area contributed by atoms with Gasteiger partial charge in [-0.15, -0.1) is 0 Å². The second-order valence-corrected chi connectivity index (χ2v) is 6.92. The molecule has 150 valence electrons. The Kier molecular flexibility index (Phi) is 8.54. The van der Waals surface area contributed by atoms with Crippen LogP contribution in [0.1, 0.15) is 27.2 Å². The van der Waals surface area contributed by atoms with Gasteiger partial charge in [0.1, 0.15) is 5.75 Å². The Bertz CT molecular complexity index is 615. The van der Waals surface area contributed by atoms with Crippen LogP contribution < -0.4 is 10.1 Å². The molecule has 0 radical (unpaired) electrons. The molecule has 0 saturated carbocycles. The SMILES string of the molecule is CC(=O)N(CCC(=O)Nc1ccccc1OC(C)C)CCN1CCOCC1. The molecule has 1 aromatic carbocycles. The van der Waals surface area contributed by atoms with Crippen LogP contribution in [0.5, 0.6) is 5.75 Å². The predicted molar refractivity (Wildman–Crippen MR) is 105 cm³/mol. The highest BCUT2D eigenvalue weighted by molar-refractivity contribution is 5.92. The highest BCUT2D eigenvalue weighted by atomic mass is 16.5. The molecule has 7 nitrogen and oxygen atoms in total. The molecule has 0 aromatic heterocycles. The number of para-hydroxylation sites is 2. The van der Waals surface area contributed by atoms with Crippen molar-refractivity contribution in [1.29, 1.82) is 0 Å². The third-order valence-electron chi connectivity index (χ3n) is 4.37. The van der Waals surface area contributed by atoms with Gasteiger partial charge in [0.2, 0.25) is 11.8 Å². The van der Waals surface area contributed by atoms with Crippen molar-refractivity contribution in [2.75, 3.05) is 51.3 Å². The molecular formula is C20H31N3O4. The summed E-state index contributed by atoms with van der Waals surface area (Å²) in [6.07, 6.45) is 0.273. The van der Waals surface area contributed by atoms with Crippen molar-refractivity contribution >= 4 is 17.5 Å². The Balaban J connectivity index is 1.82. The smallest absolute Gasteiger partial charge is 0.226 e. The fraction of sp³-hybridized carbons (Fsp3) is 0.600. The van der Waals surface area contributed by atoms with E-state index in [1.807, 2.05) is 38.1 Å². The summed E-state index contributed by atoms with van der Waals surface area (Å²) in [5, 5.41) is 2.89. The molecular weight excluding hydrogens is 346 g/mol. The minimum Gasteiger partial charge on any atom is -0.489 e. The highest BCUT2D eigenvalue weighted by Gasteiger charge is 2.16.